The SMILES string of the molecule is CCNC(=NCc1coc(-c2cccs2)n1)N(C)CCOc1ccccc1.I. The molecule has 0 aliphatic rings. The van der Waals surface area contributed by atoms with E-state index in [4.69, 9.17) is 9.15 Å². The highest BCUT2D eigenvalue weighted by atomic mass is 127. The maximum Gasteiger partial charge on any atom is 0.236 e. The third-order valence-corrected chi connectivity index (χ3v) is 4.67. The Hall–Kier alpha value is -2.07. The molecule has 8 heteroatoms. The van der Waals surface area contributed by atoms with E-state index in [0.29, 0.717) is 19.0 Å². The molecule has 3 rings (SSSR count). The van der Waals surface area contributed by atoms with Gasteiger partial charge < -0.3 is 19.4 Å². The average Bonchev–Trinajstić information content (AvgIpc) is 3.37. The summed E-state index contributed by atoms with van der Waals surface area (Å²) < 4.78 is 11.3. The predicted octanol–water partition coefficient (Wildman–Crippen LogP) is 4.50. The fraction of sp³-hybridized carbons (Fsp3) is 0.300. The van der Waals surface area contributed by atoms with Crippen LogP contribution in [0.15, 0.2) is 63.5 Å². The average molecular weight is 512 g/mol. The fourth-order valence-electron chi connectivity index (χ4n) is 2.44. The Morgan fingerprint density at radius 1 is 1.25 bits per heavy atom. The summed E-state index contributed by atoms with van der Waals surface area (Å²) >= 11 is 1.61. The van der Waals surface area contributed by atoms with Gasteiger partial charge in [-0.3, -0.25) is 0 Å². The first-order valence-electron chi connectivity index (χ1n) is 8.92. The minimum Gasteiger partial charge on any atom is -0.492 e. The molecule has 0 aliphatic carbocycles. The molecule has 0 atom stereocenters. The molecule has 1 aromatic carbocycles. The molecule has 1 N–H and O–H groups in total. The summed E-state index contributed by atoms with van der Waals surface area (Å²) in [6, 6.07) is 13.8. The molecule has 0 saturated heterocycles. The molecule has 0 saturated carbocycles. The second-order valence-electron chi connectivity index (χ2n) is 5.87. The zero-order valence-electron chi connectivity index (χ0n) is 16.0. The standard InChI is InChI=1S/C20H24N4O2S.HI/c1-3-21-20(24(2)11-12-25-17-8-5-4-6-9-17)22-14-16-15-26-19(23-16)18-10-7-13-27-18;/h4-10,13,15H,3,11-12,14H2,1-2H3,(H,21,22);1H. The number of aromatic nitrogens is 1. The monoisotopic (exact) mass is 512 g/mol. The van der Waals surface area contributed by atoms with Gasteiger partial charge in [-0.15, -0.1) is 35.3 Å². The van der Waals surface area contributed by atoms with Gasteiger partial charge in [-0.2, -0.15) is 0 Å². The second-order valence-corrected chi connectivity index (χ2v) is 6.82. The molecule has 0 radical (unpaired) electrons. The van der Waals surface area contributed by atoms with E-state index in [1.54, 1.807) is 17.6 Å². The number of likely N-dealkylation sites (N-methyl/N-ethyl adjacent to an activating group) is 1. The topological polar surface area (TPSA) is 62.9 Å². The Balaban J connectivity index is 0.00000280. The smallest absolute Gasteiger partial charge is 0.236 e. The molecule has 0 bridgehead atoms. The largest absolute Gasteiger partial charge is 0.492 e. The lowest BCUT2D eigenvalue weighted by molar-refractivity contribution is 0.281. The highest BCUT2D eigenvalue weighted by Crippen LogP contribution is 2.23. The number of halogens is 1. The molecular formula is C20H25IN4O2S. The van der Waals surface area contributed by atoms with Crippen LogP contribution < -0.4 is 10.1 Å². The number of guanidine groups is 1. The molecule has 0 unspecified atom stereocenters. The third-order valence-electron chi connectivity index (χ3n) is 3.81. The van der Waals surface area contributed by atoms with Crippen LogP contribution in [0.1, 0.15) is 12.6 Å². The zero-order chi connectivity index (χ0) is 18.9. The number of thiophene rings is 1. The number of rotatable bonds is 8. The molecule has 150 valence electrons. The second kappa shape index (κ2) is 11.7. The first-order valence-corrected chi connectivity index (χ1v) is 9.80. The molecular weight excluding hydrogens is 487 g/mol. The van der Waals surface area contributed by atoms with Crippen LogP contribution in [0.4, 0.5) is 0 Å². The molecule has 0 amide bonds. The van der Waals surface area contributed by atoms with Gasteiger partial charge in [-0.1, -0.05) is 24.3 Å². The molecule has 28 heavy (non-hydrogen) atoms. The van der Waals surface area contributed by atoms with Gasteiger partial charge in [-0.25, -0.2) is 9.98 Å². The number of ether oxygens (including phenoxy) is 1. The number of benzene rings is 1. The third kappa shape index (κ3) is 6.52. The predicted molar refractivity (Wildman–Crippen MR) is 125 cm³/mol. The first-order chi connectivity index (χ1) is 13.3. The van der Waals surface area contributed by atoms with Crippen LogP contribution in [0.25, 0.3) is 10.8 Å². The molecule has 6 nitrogen and oxygen atoms in total. The summed E-state index contributed by atoms with van der Waals surface area (Å²) in [6.45, 7) is 4.61. The van der Waals surface area contributed by atoms with Gasteiger partial charge in [0.2, 0.25) is 5.89 Å². The molecule has 2 aromatic heterocycles. The van der Waals surface area contributed by atoms with Gasteiger partial charge in [0.25, 0.3) is 0 Å². The number of aliphatic imine (C=N–C) groups is 1. The minimum atomic E-state index is 0. The minimum absolute atomic E-state index is 0. The quantitative estimate of drug-likeness (QED) is 0.274. The Kier molecular flexibility index (Phi) is 9.29. The van der Waals surface area contributed by atoms with E-state index in [1.165, 1.54) is 0 Å². The van der Waals surface area contributed by atoms with Crippen LogP contribution >= 0.6 is 35.3 Å². The van der Waals surface area contributed by atoms with Crippen LogP contribution in [0.5, 0.6) is 5.75 Å². The van der Waals surface area contributed by atoms with Crippen molar-refractivity contribution < 1.29 is 9.15 Å². The Labute approximate surface area is 186 Å². The summed E-state index contributed by atoms with van der Waals surface area (Å²) in [7, 11) is 2.00. The van der Waals surface area contributed by atoms with Crippen LogP contribution in [-0.4, -0.2) is 42.6 Å². The van der Waals surface area contributed by atoms with E-state index < -0.39 is 0 Å². The summed E-state index contributed by atoms with van der Waals surface area (Å²) in [5.74, 6) is 2.33. The number of nitrogens with one attached hydrogen (secondary N) is 1. The van der Waals surface area contributed by atoms with Crippen LogP contribution in [-0.2, 0) is 6.54 Å². The summed E-state index contributed by atoms with van der Waals surface area (Å²) in [4.78, 5) is 12.2. The summed E-state index contributed by atoms with van der Waals surface area (Å²) in [6.07, 6.45) is 1.67. The number of oxazole rings is 1. The van der Waals surface area contributed by atoms with Crippen molar-refractivity contribution in [3.63, 3.8) is 0 Å². The highest BCUT2D eigenvalue weighted by molar-refractivity contribution is 14.0. The van der Waals surface area contributed by atoms with Gasteiger partial charge >= 0.3 is 0 Å². The van der Waals surface area contributed by atoms with Gasteiger partial charge in [0, 0.05) is 13.6 Å². The number of nitrogens with zero attached hydrogens (tertiary/aromatic N) is 3. The van der Waals surface area contributed by atoms with Crippen molar-refractivity contribution in [3.8, 4) is 16.5 Å². The summed E-state index contributed by atoms with van der Waals surface area (Å²) in [5, 5.41) is 5.31. The van der Waals surface area contributed by atoms with Crippen molar-refractivity contribution in [2.45, 2.75) is 13.5 Å². The van der Waals surface area contributed by atoms with E-state index in [0.717, 1.165) is 35.4 Å². The van der Waals surface area contributed by atoms with Crippen molar-refractivity contribution >= 4 is 41.3 Å². The lowest BCUT2D eigenvalue weighted by Gasteiger charge is -2.22. The van der Waals surface area contributed by atoms with E-state index in [9.17, 15) is 0 Å². The van der Waals surface area contributed by atoms with Crippen molar-refractivity contribution in [2.75, 3.05) is 26.7 Å². The Bertz CT molecular complexity index is 837. The van der Waals surface area contributed by atoms with Gasteiger partial charge in [0.05, 0.1) is 18.0 Å². The molecule has 2 heterocycles. The zero-order valence-corrected chi connectivity index (χ0v) is 19.1. The number of para-hydroxylation sites is 1. The van der Waals surface area contributed by atoms with Gasteiger partial charge in [0.1, 0.15) is 24.3 Å². The van der Waals surface area contributed by atoms with Crippen molar-refractivity contribution in [1.29, 1.82) is 0 Å². The molecule has 0 spiro atoms. The van der Waals surface area contributed by atoms with Crippen LogP contribution in [0, 0.1) is 0 Å². The van der Waals surface area contributed by atoms with E-state index in [1.807, 2.05) is 59.8 Å². The van der Waals surface area contributed by atoms with Crippen LogP contribution in [0.3, 0.4) is 0 Å². The molecule has 0 fully saturated rings. The van der Waals surface area contributed by atoms with Crippen LogP contribution in [0.2, 0.25) is 0 Å². The fourth-order valence-corrected chi connectivity index (χ4v) is 3.10. The van der Waals surface area contributed by atoms with Crippen molar-refractivity contribution in [2.24, 2.45) is 4.99 Å². The lowest BCUT2D eigenvalue weighted by atomic mass is 10.3. The first kappa shape index (κ1) is 22.2. The van der Waals surface area contributed by atoms with E-state index >= 15 is 0 Å². The summed E-state index contributed by atoms with van der Waals surface area (Å²) in [5.41, 5.74) is 0.808. The number of hydrogen-bond acceptors (Lipinski definition) is 5. The number of hydrogen-bond donors (Lipinski definition) is 1. The molecule has 3 aromatic rings. The van der Waals surface area contributed by atoms with Gasteiger partial charge in [-0.05, 0) is 30.5 Å². The maximum absolute atomic E-state index is 5.76. The van der Waals surface area contributed by atoms with Crippen molar-refractivity contribution in [1.82, 2.24) is 15.2 Å². The lowest BCUT2D eigenvalue weighted by Crippen LogP contribution is -2.40. The normalized spacial score (nSPS) is 11.0. The Morgan fingerprint density at radius 3 is 2.79 bits per heavy atom. The highest BCUT2D eigenvalue weighted by Gasteiger charge is 2.09. The maximum atomic E-state index is 5.76. The van der Waals surface area contributed by atoms with E-state index in [-0.39, 0.29) is 24.0 Å². The van der Waals surface area contributed by atoms with Crippen molar-refractivity contribution in [3.05, 3.63) is 59.8 Å². The van der Waals surface area contributed by atoms with Gasteiger partial charge in [0.15, 0.2) is 5.96 Å². The Morgan fingerprint density at radius 2 is 2.07 bits per heavy atom. The molecule has 0 aliphatic heterocycles. The van der Waals surface area contributed by atoms with E-state index in [2.05, 4.69) is 22.2 Å².